The van der Waals surface area contributed by atoms with Gasteiger partial charge in [-0.15, -0.1) is 11.3 Å². The highest BCUT2D eigenvalue weighted by Gasteiger charge is 2.57. The van der Waals surface area contributed by atoms with Gasteiger partial charge in [0.25, 0.3) is 0 Å². The third kappa shape index (κ3) is 2.25. The molecule has 0 saturated carbocycles. The Morgan fingerprint density at radius 2 is 2.41 bits per heavy atom. The summed E-state index contributed by atoms with van der Waals surface area (Å²) >= 11 is 1.61. The van der Waals surface area contributed by atoms with Crippen molar-refractivity contribution in [2.24, 2.45) is 5.41 Å². The van der Waals surface area contributed by atoms with Gasteiger partial charge >= 0.3 is 0 Å². The number of rotatable bonds is 2. The minimum atomic E-state index is -0.402. The lowest BCUT2D eigenvalue weighted by molar-refractivity contribution is -0.148. The Bertz CT molecular complexity index is 588. The van der Waals surface area contributed by atoms with Crippen LogP contribution in [-0.2, 0) is 20.7 Å². The Balaban J connectivity index is 1.49. The van der Waals surface area contributed by atoms with Gasteiger partial charge < -0.3 is 15.0 Å². The van der Waals surface area contributed by atoms with Crippen molar-refractivity contribution in [3.05, 3.63) is 22.4 Å². The number of hydrogen-bond donors (Lipinski definition) is 1. The number of ether oxygens (including phenoxy) is 1. The molecule has 0 aliphatic carbocycles. The maximum atomic E-state index is 12.5. The van der Waals surface area contributed by atoms with E-state index in [2.05, 4.69) is 5.32 Å². The molecule has 3 saturated heterocycles. The van der Waals surface area contributed by atoms with Crippen LogP contribution in [0, 0.1) is 5.41 Å². The summed E-state index contributed by atoms with van der Waals surface area (Å²) < 4.78 is 6.02. The number of morpholine rings is 1. The lowest BCUT2D eigenvalue weighted by atomic mass is 9.73. The van der Waals surface area contributed by atoms with E-state index in [1.54, 1.807) is 11.3 Å². The van der Waals surface area contributed by atoms with Crippen molar-refractivity contribution in [1.82, 2.24) is 10.2 Å². The Labute approximate surface area is 133 Å². The first-order valence-corrected chi connectivity index (χ1v) is 8.79. The molecule has 3 aliphatic heterocycles. The molecule has 3 aliphatic rings. The minimum absolute atomic E-state index is 0.00915. The number of fused-ring (bicyclic) bond motifs is 3. The van der Waals surface area contributed by atoms with Gasteiger partial charge in [-0.1, -0.05) is 6.07 Å². The van der Waals surface area contributed by atoms with Crippen LogP contribution < -0.4 is 5.32 Å². The third-order valence-electron chi connectivity index (χ3n) is 5.17. The van der Waals surface area contributed by atoms with E-state index in [1.807, 2.05) is 22.4 Å². The van der Waals surface area contributed by atoms with Crippen molar-refractivity contribution < 1.29 is 14.3 Å². The molecule has 118 valence electrons. The van der Waals surface area contributed by atoms with Gasteiger partial charge in [0.05, 0.1) is 24.0 Å². The zero-order valence-corrected chi connectivity index (χ0v) is 13.2. The molecule has 3 fully saturated rings. The van der Waals surface area contributed by atoms with Crippen LogP contribution in [0.3, 0.4) is 0 Å². The fraction of sp³-hybridized carbons (Fsp3) is 0.625. The molecule has 2 amide bonds. The lowest BCUT2D eigenvalue weighted by Crippen LogP contribution is -2.54. The zero-order valence-electron chi connectivity index (χ0n) is 12.4. The second-order valence-electron chi connectivity index (χ2n) is 6.52. The molecule has 6 heteroatoms. The molecule has 22 heavy (non-hydrogen) atoms. The molecule has 5 nitrogen and oxygen atoms in total. The number of nitrogens with one attached hydrogen (secondary N) is 1. The smallest absolute Gasteiger partial charge is 0.229 e. The van der Waals surface area contributed by atoms with Gasteiger partial charge in [-0.05, 0) is 30.7 Å². The number of thiophene rings is 1. The highest BCUT2D eigenvalue weighted by Crippen LogP contribution is 2.46. The Kier molecular flexibility index (Phi) is 3.46. The quantitative estimate of drug-likeness (QED) is 0.890. The van der Waals surface area contributed by atoms with E-state index in [0.717, 1.165) is 30.7 Å². The maximum absolute atomic E-state index is 12.5. The topological polar surface area (TPSA) is 58.6 Å². The molecule has 2 bridgehead atoms. The number of amides is 2. The fourth-order valence-electron chi connectivity index (χ4n) is 4.07. The summed E-state index contributed by atoms with van der Waals surface area (Å²) in [4.78, 5) is 27.9. The molecule has 3 unspecified atom stereocenters. The molecular formula is C16H20N2O3S. The highest BCUT2D eigenvalue weighted by atomic mass is 32.1. The van der Waals surface area contributed by atoms with Gasteiger partial charge in [-0.3, -0.25) is 9.59 Å². The number of likely N-dealkylation sites (tertiary alicyclic amines) is 1. The van der Waals surface area contributed by atoms with Crippen LogP contribution >= 0.6 is 11.3 Å². The van der Waals surface area contributed by atoms with E-state index in [1.165, 1.54) is 0 Å². The monoisotopic (exact) mass is 320 g/mol. The molecule has 1 N–H and O–H groups in total. The summed E-state index contributed by atoms with van der Waals surface area (Å²) in [5.74, 6) is 0.271. The van der Waals surface area contributed by atoms with E-state index in [-0.39, 0.29) is 24.0 Å². The highest BCUT2D eigenvalue weighted by molar-refractivity contribution is 7.10. The van der Waals surface area contributed by atoms with E-state index in [4.69, 9.17) is 4.74 Å². The van der Waals surface area contributed by atoms with Gasteiger partial charge in [0.2, 0.25) is 11.8 Å². The van der Waals surface area contributed by atoms with Gasteiger partial charge in [0.1, 0.15) is 0 Å². The van der Waals surface area contributed by atoms with Crippen LogP contribution in [0.25, 0.3) is 0 Å². The van der Waals surface area contributed by atoms with Crippen molar-refractivity contribution in [2.45, 2.75) is 37.9 Å². The van der Waals surface area contributed by atoms with Crippen molar-refractivity contribution in [1.29, 1.82) is 0 Å². The summed E-state index contributed by atoms with van der Waals surface area (Å²) in [6, 6.07) is 3.96. The average Bonchev–Trinajstić information content (AvgIpc) is 3.10. The van der Waals surface area contributed by atoms with Crippen LogP contribution in [0.5, 0.6) is 0 Å². The first kappa shape index (κ1) is 14.2. The first-order valence-electron chi connectivity index (χ1n) is 7.91. The van der Waals surface area contributed by atoms with Crippen molar-refractivity contribution in [2.75, 3.05) is 19.6 Å². The van der Waals surface area contributed by atoms with Gasteiger partial charge in [-0.25, -0.2) is 0 Å². The summed E-state index contributed by atoms with van der Waals surface area (Å²) in [5, 5.41) is 4.98. The number of carbonyl (C=O) groups is 2. The summed E-state index contributed by atoms with van der Waals surface area (Å²) in [6.45, 7) is 1.93. The maximum Gasteiger partial charge on any atom is 0.229 e. The SMILES string of the molecule is O=C(Cc1cccs1)N1CC2CC3(CCCNC3=O)C(C1)O2. The van der Waals surface area contributed by atoms with Gasteiger partial charge in [0, 0.05) is 24.5 Å². The summed E-state index contributed by atoms with van der Waals surface area (Å²) in [5.41, 5.74) is -0.402. The second-order valence-corrected chi connectivity index (χ2v) is 7.55. The number of piperidine rings is 1. The standard InChI is InChI=1S/C16H20N2O3S/c19-14(7-12-3-1-6-22-12)18-9-11-8-16(13(10-18)21-11)4-2-5-17-15(16)20/h1,3,6,11,13H,2,4-5,7-10H2,(H,17,20). The molecular weight excluding hydrogens is 300 g/mol. The summed E-state index contributed by atoms with van der Waals surface area (Å²) in [7, 11) is 0. The van der Waals surface area contributed by atoms with Crippen LogP contribution in [0.15, 0.2) is 17.5 Å². The fourth-order valence-corrected chi connectivity index (χ4v) is 4.77. The first-order chi connectivity index (χ1) is 10.7. The molecule has 4 rings (SSSR count). The number of hydrogen-bond acceptors (Lipinski definition) is 4. The third-order valence-corrected chi connectivity index (χ3v) is 6.05. The van der Waals surface area contributed by atoms with E-state index < -0.39 is 5.41 Å². The molecule has 4 heterocycles. The van der Waals surface area contributed by atoms with Gasteiger partial charge in [0.15, 0.2) is 0 Å². The molecule has 3 atom stereocenters. The number of carbonyl (C=O) groups excluding carboxylic acids is 2. The molecule has 0 radical (unpaired) electrons. The normalized spacial score (nSPS) is 34.0. The largest absolute Gasteiger partial charge is 0.370 e. The molecule has 1 aromatic rings. The predicted molar refractivity (Wildman–Crippen MR) is 82.6 cm³/mol. The minimum Gasteiger partial charge on any atom is -0.370 e. The van der Waals surface area contributed by atoms with Crippen molar-refractivity contribution in [3.63, 3.8) is 0 Å². The predicted octanol–water partition coefficient (Wildman–Crippen LogP) is 1.19. The van der Waals surface area contributed by atoms with E-state index >= 15 is 0 Å². The van der Waals surface area contributed by atoms with Crippen LogP contribution in [0.1, 0.15) is 24.1 Å². The van der Waals surface area contributed by atoms with Crippen LogP contribution in [0.4, 0.5) is 0 Å². The molecule has 1 spiro atoms. The number of nitrogens with zero attached hydrogens (tertiary/aromatic N) is 1. The van der Waals surface area contributed by atoms with Crippen LogP contribution in [-0.4, -0.2) is 48.6 Å². The zero-order chi connectivity index (χ0) is 15.2. The Hall–Kier alpha value is -1.40. The molecule has 0 aromatic carbocycles. The van der Waals surface area contributed by atoms with Crippen molar-refractivity contribution >= 4 is 23.2 Å². The lowest BCUT2D eigenvalue weighted by Gasteiger charge is -2.38. The second kappa shape index (κ2) is 5.35. The Morgan fingerprint density at radius 1 is 1.50 bits per heavy atom. The molecule has 1 aromatic heterocycles. The van der Waals surface area contributed by atoms with Crippen molar-refractivity contribution in [3.8, 4) is 0 Å². The van der Waals surface area contributed by atoms with Gasteiger partial charge in [-0.2, -0.15) is 0 Å². The Morgan fingerprint density at radius 3 is 3.18 bits per heavy atom. The van der Waals surface area contributed by atoms with E-state index in [0.29, 0.717) is 19.5 Å². The summed E-state index contributed by atoms with van der Waals surface area (Å²) in [6.07, 6.45) is 2.96. The van der Waals surface area contributed by atoms with E-state index in [9.17, 15) is 9.59 Å². The average molecular weight is 320 g/mol. The van der Waals surface area contributed by atoms with Crippen LogP contribution in [0.2, 0.25) is 0 Å².